The molecule has 0 aliphatic carbocycles. The second-order valence-electron chi connectivity index (χ2n) is 4.34. The van der Waals surface area contributed by atoms with E-state index >= 15 is 0 Å². The molecule has 2 rings (SSSR count). The normalized spacial score (nSPS) is 19.9. The maximum atomic E-state index is 11.3. The zero-order chi connectivity index (χ0) is 12.4. The molecule has 1 saturated heterocycles. The molecule has 90 valence electrons. The molecule has 1 aromatic rings. The van der Waals surface area contributed by atoms with Gasteiger partial charge in [-0.25, -0.2) is 0 Å². The number of rotatable bonds is 2. The number of Topliss-reactive ketones (excluding diaryl/α,β-unsaturated/α-hetero) is 1. The summed E-state index contributed by atoms with van der Waals surface area (Å²) in [4.78, 5) is 22.6. The van der Waals surface area contributed by atoms with E-state index in [1.54, 1.807) is 6.07 Å². The van der Waals surface area contributed by atoms with Crippen LogP contribution in [-0.4, -0.2) is 18.2 Å². The predicted molar refractivity (Wildman–Crippen MR) is 66.4 cm³/mol. The van der Waals surface area contributed by atoms with Crippen molar-refractivity contribution in [1.29, 1.82) is 0 Å². The number of piperidine rings is 1. The van der Waals surface area contributed by atoms with Crippen molar-refractivity contribution in [3.8, 4) is 0 Å². The molecular formula is C13H14ClNO2. The van der Waals surface area contributed by atoms with Gasteiger partial charge in [0.05, 0.1) is 5.02 Å². The summed E-state index contributed by atoms with van der Waals surface area (Å²) in [5.74, 6) is 0.248. The Bertz CT molecular complexity index is 470. The molecule has 1 atom stereocenters. The SMILES string of the molecule is CC(=O)c1ccc(C2CCNC(=O)C2)cc1Cl. The van der Waals surface area contributed by atoms with Gasteiger partial charge in [0.25, 0.3) is 0 Å². The van der Waals surface area contributed by atoms with Crippen molar-refractivity contribution in [2.75, 3.05) is 6.54 Å². The van der Waals surface area contributed by atoms with Crippen LogP contribution < -0.4 is 5.32 Å². The van der Waals surface area contributed by atoms with E-state index in [1.807, 2.05) is 12.1 Å². The maximum absolute atomic E-state index is 11.3. The van der Waals surface area contributed by atoms with Gasteiger partial charge in [-0.05, 0) is 37.0 Å². The van der Waals surface area contributed by atoms with Crippen LogP contribution in [0.4, 0.5) is 0 Å². The average molecular weight is 252 g/mol. The van der Waals surface area contributed by atoms with Crippen LogP contribution in [0.3, 0.4) is 0 Å². The first kappa shape index (κ1) is 12.1. The summed E-state index contributed by atoms with van der Waals surface area (Å²) in [5, 5.41) is 3.27. The van der Waals surface area contributed by atoms with Crippen molar-refractivity contribution < 1.29 is 9.59 Å². The van der Waals surface area contributed by atoms with Crippen molar-refractivity contribution in [3.63, 3.8) is 0 Å². The molecule has 1 unspecified atom stereocenters. The Morgan fingerprint density at radius 3 is 2.82 bits per heavy atom. The van der Waals surface area contributed by atoms with Gasteiger partial charge in [-0.2, -0.15) is 0 Å². The molecular weight excluding hydrogens is 238 g/mol. The third kappa shape index (κ3) is 2.67. The van der Waals surface area contributed by atoms with Gasteiger partial charge in [0.15, 0.2) is 5.78 Å². The first-order chi connectivity index (χ1) is 8.08. The van der Waals surface area contributed by atoms with Crippen LogP contribution in [0.1, 0.15) is 41.6 Å². The smallest absolute Gasteiger partial charge is 0.220 e. The lowest BCUT2D eigenvalue weighted by molar-refractivity contribution is -0.122. The first-order valence-corrected chi connectivity index (χ1v) is 6.03. The molecule has 1 fully saturated rings. The predicted octanol–water partition coefficient (Wildman–Crippen LogP) is 2.54. The van der Waals surface area contributed by atoms with Crippen molar-refractivity contribution in [2.24, 2.45) is 0 Å². The average Bonchev–Trinajstić information content (AvgIpc) is 2.28. The van der Waals surface area contributed by atoms with E-state index in [2.05, 4.69) is 5.32 Å². The second-order valence-corrected chi connectivity index (χ2v) is 4.74. The monoisotopic (exact) mass is 251 g/mol. The van der Waals surface area contributed by atoms with Crippen molar-refractivity contribution in [3.05, 3.63) is 34.3 Å². The van der Waals surface area contributed by atoms with Crippen LogP contribution in [0.2, 0.25) is 5.02 Å². The van der Waals surface area contributed by atoms with Gasteiger partial charge in [0, 0.05) is 18.5 Å². The molecule has 1 aliphatic rings. The lowest BCUT2D eigenvalue weighted by atomic mass is 9.89. The van der Waals surface area contributed by atoms with E-state index in [1.165, 1.54) is 6.92 Å². The number of nitrogens with one attached hydrogen (secondary N) is 1. The van der Waals surface area contributed by atoms with Crippen LogP contribution in [0.5, 0.6) is 0 Å². The first-order valence-electron chi connectivity index (χ1n) is 5.65. The summed E-state index contributed by atoms with van der Waals surface area (Å²) < 4.78 is 0. The van der Waals surface area contributed by atoms with E-state index in [-0.39, 0.29) is 17.6 Å². The zero-order valence-corrected chi connectivity index (χ0v) is 10.4. The van der Waals surface area contributed by atoms with E-state index in [0.717, 1.165) is 12.0 Å². The van der Waals surface area contributed by atoms with E-state index in [9.17, 15) is 9.59 Å². The third-order valence-electron chi connectivity index (χ3n) is 3.09. The highest BCUT2D eigenvalue weighted by molar-refractivity contribution is 6.33. The molecule has 1 amide bonds. The Labute approximate surface area is 105 Å². The van der Waals surface area contributed by atoms with Crippen molar-refractivity contribution in [2.45, 2.75) is 25.7 Å². The zero-order valence-electron chi connectivity index (χ0n) is 9.63. The van der Waals surface area contributed by atoms with E-state index < -0.39 is 0 Å². The van der Waals surface area contributed by atoms with Crippen LogP contribution in [0.15, 0.2) is 18.2 Å². The summed E-state index contributed by atoms with van der Waals surface area (Å²) in [6.07, 6.45) is 1.41. The summed E-state index contributed by atoms with van der Waals surface area (Å²) in [6, 6.07) is 5.44. The number of hydrogen-bond acceptors (Lipinski definition) is 2. The minimum absolute atomic E-state index is 0.0389. The van der Waals surface area contributed by atoms with Gasteiger partial charge in [-0.3, -0.25) is 9.59 Å². The van der Waals surface area contributed by atoms with Gasteiger partial charge >= 0.3 is 0 Å². The van der Waals surface area contributed by atoms with Crippen LogP contribution in [0.25, 0.3) is 0 Å². The fourth-order valence-corrected chi connectivity index (χ4v) is 2.46. The second kappa shape index (κ2) is 4.88. The largest absolute Gasteiger partial charge is 0.356 e. The maximum Gasteiger partial charge on any atom is 0.220 e. The van der Waals surface area contributed by atoms with Gasteiger partial charge < -0.3 is 5.32 Å². The summed E-state index contributed by atoms with van der Waals surface area (Å²) >= 11 is 6.06. The minimum atomic E-state index is -0.0389. The lowest BCUT2D eigenvalue weighted by Gasteiger charge is -2.22. The quantitative estimate of drug-likeness (QED) is 0.821. The Balaban J connectivity index is 2.25. The number of amides is 1. The molecule has 4 heteroatoms. The molecule has 0 aromatic heterocycles. The molecule has 1 aliphatic heterocycles. The third-order valence-corrected chi connectivity index (χ3v) is 3.40. The number of halogens is 1. The highest BCUT2D eigenvalue weighted by atomic mass is 35.5. The molecule has 0 saturated carbocycles. The number of carbonyl (C=O) groups excluding carboxylic acids is 2. The number of carbonyl (C=O) groups is 2. The highest BCUT2D eigenvalue weighted by Gasteiger charge is 2.21. The standard InChI is InChI=1S/C13H14ClNO2/c1-8(16)11-3-2-9(6-12(11)14)10-4-5-15-13(17)7-10/h2-3,6,10H,4-5,7H2,1H3,(H,15,17). The fraction of sp³-hybridized carbons (Fsp3) is 0.385. The number of ketones is 1. The molecule has 0 bridgehead atoms. The van der Waals surface area contributed by atoms with Crippen LogP contribution in [-0.2, 0) is 4.79 Å². The molecule has 1 heterocycles. The number of hydrogen-bond donors (Lipinski definition) is 1. The van der Waals surface area contributed by atoms with E-state index in [4.69, 9.17) is 11.6 Å². The van der Waals surface area contributed by atoms with Gasteiger partial charge in [-0.15, -0.1) is 0 Å². The van der Waals surface area contributed by atoms with Crippen LogP contribution in [0, 0.1) is 0 Å². The van der Waals surface area contributed by atoms with Gasteiger partial charge in [-0.1, -0.05) is 17.7 Å². The topological polar surface area (TPSA) is 46.2 Å². The summed E-state index contributed by atoms with van der Waals surface area (Å²) in [6.45, 7) is 2.20. The van der Waals surface area contributed by atoms with E-state index in [0.29, 0.717) is 23.6 Å². The molecule has 17 heavy (non-hydrogen) atoms. The highest BCUT2D eigenvalue weighted by Crippen LogP contribution is 2.29. The molecule has 1 aromatic carbocycles. The van der Waals surface area contributed by atoms with Gasteiger partial charge in [0.2, 0.25) is 5.91 Å². The molecule has 1 N–H and O–H groups in total. The number of benzene rings is 1. The molecule has 0 spiro atoms. The Hall–Kier alpha value is -1.35. The Kier molecular flexibility index (Phi) is 3.48. The Morgan fingerprint density at radius 2 is 2.24 bits per heavy atom. The fourth-order valence-electron chi connectivity index (χ4n) is 2.14. The van der Waals surface area contributed by atoms with Gasteiger partial charge in [0.1, 0.15) is 0 Å². The molecule has 3 nitrogen and oxygen atoms in total. The van der Waals surface area contributed by atoms with Crippen LogP contribution >= 0.6 is 11.6 Å². The molecule has 0 radical (unpaired) electrons. The van der Waals surface area contributed by atoms with Crippen molar-refractivity contribution in [1.82, 2.24) is 5.32 Å². The lowest BCUT2D eigenvalue weighted by Crippen LogP contribution is -2.32. The minimum Gasteiger partial charge on any atom is -0.356 e. The summed E-state index contributed by atoms with van der Waals surface area (Å²) in [5.41, 5.74) is 1.57. The summed E-state index contributed by atoms with van der Waals surface area (Å²) in [7, 11) is 0. The van der Waals surface area contributed by atoms with Crippen molar-refractivity contribution >= 4 is 23.3 Å². The Morgan fingerprint density at radius 1 is 1.47 bits per heavy atom.